The van der Waals surface area contributed by atoms with Crippen LogP contribution in [0.5, 0.6) is 0 Å². The van der Waals surface area contributed by atoms with E-state index in [-0.39, 0.29) is 30.6 Å². The fourth-order valence-corrected chi connectivity index (χ4v) is 3.39. The number of aromatic nitrogens is 3. The minimum atomic E-state index is -0.216. The molecule has 1 atom stereocenters. The van der Waals surface area contributed by atoms with E-state index < -0.39 is 0 Å². The summed E-state index contributed by atoms with van der Waals surface area (Å²) in [7, 11) is 1.64. The monoisotopic (exact) mass is 356 g/mol. The van der Waals surface area contributed by atoms with Crippen molar-refractivity contribution in [2.45, 2.75) is 25.4 Å². The van der Waals surface area contributed by atoms with Gasteiger partial charge in [-0.25, -0.2) is 9.48 Å². The predicted octanol–water partition coefficient (Wildman–Crippen LogP) is 2.13. The van der Waals surface area contributed by atoms with E-state index in [9.17, 15) is 9.59 Å². The third-order valence-electron chi connectivity index (χ3n) is 3.94. The Balaban J connectivity index is 1.64. The van der Waals surface area contributed by atoms with Gasteiger partial charge in [-0.2, -0.15) is 5.10 Å². The molecule has 0 aliphatic carbocycles. The summed E-state index contributed by atoms with van der Waals surface area (Å²) in [6.45, 7) is 0.272. The zero-order valence-electron chi connectivity index (χ0n) is 14.0. The van der Waals surface area contributed by atoms with Gasteiger partial charge >= 0.3 is 5.69 Å². The van der Waals surface area contributed by atoms with E-state index >= 15 is 0 Å². The first-order valence-corrected chi connectivity index (χ1v) is 8.96. The van der Waals surface area contributed by atoms with Crippen LogP contribution < -0.4 is 11.0 Å². The summed E-state index contributed by atoms with van der Waals surface area (Å²) in [4.78, 5) is 25.3. The average Bonchev–Trinajstić information content (AvgIpc) is 3.25. The SMILES string of the molecule is Cn1cnn(CCC(=O)NC(Cc2ccccc2)c2cccs2)c1=O. The number of hydrogen-bond donors (Lipinski definition) is 1. The van der Waals surface area contributed by atoms with Crippen LogP contribution in [0.2, 0.25) is 0 Å². The molecule has 1 aromatic carbocycles. The third kappa shape index (κ3) is 4.45. The highest BCUT2D eigenvalue weighted by molar-refractivity contribution is 7.10. The molecule has 1 amide bonds. The smallest absolute Gasteiger partial charge is 0.345 e. The van der Waals surface area contributed by atoms with Crippen LogP contribution >= 0.6 is 11.3 Å². The quantitative estimate of drug-likeness (QED) is 0.705. The Hall–Kier alpha value is -2.67. The molecule has 3 aromatic rings. The second-order valence-corrected chi connectivity index (χ2v) is 6.80. The van der Waals surface area contributed by atoms with Gasteiger partial charge in [-0.1, -0.05) is 36.4 Å². The van der Waals surface area contributed by atoms with Crippen molar-refractivity contribution in [3.05, 3.63) is 75.1 Å². The maximum absolute atomic E-state index is 12.4. The molecule has 0 aliphatic heterocycles. The van der Waals surface area contributed by atoms with Gasteiger partial charge in [0, 0.05) is 18.3 Å². The van der Waals surface area contributed by atoms with E-state index in [0.717, 1.165) is 11.3 Å². The molecule has 0 aliphatic rings. The number of rotatable bonds is 7. The minimum absolute atomic E-state index is 0.0737. The number of hydrogen-bond acceptors (Lipinski definition) is 4. The van der Waals surface area contributed by atoms with Crippen LogP contribution in [-0.2, 0) is 24.8 Å². The molecule has 0 spiro atoms. The highest BCUT2D eigenvalue weighted by atomic mass is 32.1. The Labute approximate surface area is 149 Å². The first kappa shape index (κ1) is 17.2. The summed E-state index contributed by atoms with van der Waals surface area (Å²) in [6.07, 6.45) is 2.40. The number of thiophene rings is 1. The largest absolute Gasteiger partial charge is 0.348 e. The van der Waals surface area contributed by atoms with Crippen LogP contribution in [0.1, 0.15) is 22.9 Å². The number of nitrogens with one attached hydrogen (secondary N) is 1. The number of carbonyl (C=O) groups is 1. The molecule has 2 aromatic heterocycles. The Morgan fingerprint density at radius 3 is 2.68 bits per heavy atom. The number of benzene rings is 1. The van der Waals surface area contributed by atoms with E-state index in [1.165, 1.54) is 21.1 Å². The Morgan fingerprint density at radius 1 is 1.24 bits per heavy atom. The van der Waals surface area contributed by atoms with E-state index in [1.807, 2.05) is 35.7 Å². The Kier molecular flexibility index (Phi) is 5.45. The predicted molar refractivity (Wildman–Crippen MR) is 97.4 cm³/mol. The van der Waals surface area contributed by atoms with Gasteiger partial charge in [-0.15, -0.1) is 11.3 Å². The fourth-order valence-electron chi connectivity index (χ4n) is 2.61. The molecule has 1 unspecified atom stereocenters. The van der Waals surface area contributed by atoms with Crippen LogP contribution in [0.4, 0.5) is 0 Å². The van der Waals surface area contributed by atoms with Crippen LogP contribution in [0.15, 0.2) is 59.0 Å². The molecule has 1 N–H and O–H groups in total. The highest BCUT2D eigenvalue weighted by Gasteiger charge is 2.16. The summed E-state index contributed by atoms with van der Waals surface area (Å²) in [5.41, 5.74) is 0.953. The first-order valence-electron chi connectivity index (χ1n) is 8.08. The molecule has 0 fully saturated rings. The van der Waals surface area contributed by atoms with Crippen molar-refractivity contribution in [1.82, 2.24) is 19.7 Å². The summed E-state index contributed by atoms with van der Waals surface area (Å²) < 4.78 is 2.69. The molecule has 0 saturated heterocycles. The van der Waals surface area contributed by atoms with Gasteiger partial charge in [0.15, 0.2) is 0 Å². The van der Waals surface area contributed by atoms with Crippen molar-refractivity contribution >= 4 is 17.2 Å². The molecule has 0 bridgehead atoms. The molecule has 25 heavy (non-hydrogen) atoms. The highest BCUT2D eigenvalue weighted by Crippen LogP contribution is 2.23. The average molecular weight is 356 g/mol. The van der Waals surface area contributed by atoms with Crippen molar-refractivity contribution in [3.63, 3.8) is 0 Å². The van der Waals surface area contributed by atoms with Crippen LogP contribution in [0, 0.1) is 0 Å². The molecule has 3 rings (SSSR count). The molecule has 7 heteroatoms. The van der Waals surface area contributed by atoms with Gasteiger partial charge in [0.2, 0.25) is 5.91 Å². The number of carbonyl (C=O) groups excluding carboxylic acids is 1. The van der Waals surface area contributed by atoms with Crippen LogP contribution in [0.3, 0.4) is 0 Å². The minimum Gasteiger partial charge on any atom is -0.348 e. The molecule has 0 saturated carbocycles. The van der Waals surface area contributed by atoms with Gasteiger partial charge in [-0.05, 0) is 23.4 Å². The van der Waals surface area contributed by atoms with E-state index in [2.05, 4.69) is 22.5 Å². The first-order chi connectivity index (χ1) is 12.1. The number of aryl methyl sites for hydroxylation is 2. The van der Waals surface area contributed by atoms with Crippen molar-refractivity contribution in [2.24, 2.45) is 7.05 Å². The van der Waals surface area contributed by atoms with Crippen LogP contribution in [-0.4, -0.2) is 20.3 Å². The maximum atomic E-state index is 12.4. The summed E-state index contributed by atoms with van der Waals surface area (Å²) in [6, 6.07) is 14.0. The maximum Gasteiger partial charge on any atom is 0.345 e. The van der Waals surface area contributed by atoms with Gasteiger partial charge in [-0.3, -0.25) is 9.36 Å². The normalized spacial score (nSPS) is 12.0. The molecule has 2 heterocycles. The summed E-state index contributed by atoms with van der Waals surface area (Å²) >= 11 is 1.63. The Bertz CT molecular complexity index is 868. The van der Waals surface area contributed by atoms with Gasteiger partial charge in [0.05, 0.1) is 12.6 Å². The molecule has 130 valence electrons. The van der Waals surface area contributed by atoms with E-state index in [0.29, 0.717) is 0 Å². The lowest BCUT2D eigenvalue weighted by Crippen LogP contribution is -2.31. The van der Waals surface area contributed by atoms with Crippen molar-refractivity contribution in [1.29, 1.82) is 0 Å². The lowest BCUT2D eigenvalue weighted by atomic mass is 10.0. The van der Waals surface area contributed by atoms with Gasteiger partial charge in [0.1, 0.15) is 6.33 Å². The van der Waals surface area contributed by atoms with Gasteiger partial charge in [0.25, 0.3) is 0 Å². The van der Waals surface area contributed by atoms with Crippen molar-refractivity contribution in [2.75, 3.05) is 0 Å². The number of nitrogens with zero attached hydrogens (tertiary/aromatic N) is 3. The van der Waals surface area contributed by atoms with Gasteiger partial charge < -0.3 is 5.32 Å². The third-order valence-corrected chi connectivity index (χ3v) is 4.93. The topological polar surface area (TPSA) is 68.9 Å². The van der Waals surface area contributed by atoms with E-state index in [1.54, 1.807) is 18.4 Å². The Morgan fingerprint density at radius 2 is 2.04 bits per heavy atom. The second kappa shape index (κ2) is 7.94. The molecular formula is C18H20N4O2S. The zero-order valence-corrected chi connectivity index (χ0v) is 14.8. The standard InChI is InChI=1S/C18H20N4O2S/c1-21-13-19-22(18(21)24)10-9-17(23)20-15(16-8-5-11-25-16)12-14-6-3-2-4-7-14/h2-8,11,13,15H,9-10,12H2,1H3,(H,20,23). The zero-order chi connectivity index (χ0) is 17.6. The molecular weight excluding hydrogens is 336 g/mol. The van der Waals surface area contributed by atoms with Crippen LogP contribution in [0.25, 0.3) is 0 Å². The summed E-state index contributed by atoms with van der Waals surface area (Å²) in [5.74, 6) is -0.0908. The van der Waals surface area contributed by atoms with Crippen molar-refractivity contribution < 1.29 is 4.79 Å². The lowest BCUT2D eigenvalue weighted by molar-refractivity contribution is -0.122. The second-order valence-electron chi connectivity index (χ2n) is 5.82. The van der Waals surface area contributed by atoms with E-state index in [4.69, 9.17) is 0 Å². The number of amides is 1. The summed E-state index contributed by atoms with van der Waals surface area (Å²) in [5, 5.41) is 9.07. The fraction of sp³-hybridized carbons (Fsp3) is 0.278. The lowest BCUT2D eigenvalue weighted by Gasteiger charge is -2.18. The van der Waals surface area contributed by atoms with Crippen molar-refractivity contribution in [3.8, 4) is 0 Å². The molecule has 6 nitrogen and oxygen atoms in total. The molecule has 0 radical (unpaired) electrons.